The highest BCUT2D eigenvalue weighted by Crippen LogP contribution is 2.37. The Hall–Kier alpha value is -2.63. The highest BCUT2D eigenvalue weighted by atomic mass is 32.1. The first kappa shape index (κ1) is 19.1. The normalized spacial score (nSPS) is 12.5. The van der Waals surface area contributed by atoms with Crippen molar-refractivity contribution in [1.82, 2.24) is 5.32 Å². The zero-order valence-corrected chi connectivity index (χ0v) is 16.7. The summed E-state index contributed by atoms with van der Waals surface area (Å²) in [6.45, 7) is 0. The topological polar surface area (TPSA) is 83.4 Å². The van der Waals surface area contributed by atoms with Gasteiger partial charge in [-0.15, -0.1) is 11.3 Å². The maximum Gasteiger partial charge on any atom is 0.264 e. The van der Waals surface area contributed by atoms with Crippen LogP contribution in [0.1, 0.15) is 39.2 Å². The van der Waals surface area contributed by atoms with E-state index in [0.717, 1.165) is 31.2 Å². The summed E-state index contributed by atoms with van der Waals surface area (Å²) in [6.07, 6.45) is 4.11. The Bertz CT molecular complexity index is 909. The number of hydrogen-bond donors (Lipinski definition) is 2. The third-order valence-electron chi connectivity index (χ3n) is 4.39. The highest BCUT2D eigenvalue weighted by molar-refractivity contribution is 7.80. The molecule has 3 rings (SSSR count). The van der Waals surface area contributed by atoms with Gasteiger partial charge in [-0.05, 0) is 55.6 Å². The number of anilines is 1. The van der Waals surface area contributed by atoms with Crippen LogP contribution in [0.3, 0.4) is 0 Å². The van der Waals surface area contributed by atoms with Gasteiger partial charge in [0.25, 0.3) is 5.91 Å². The molecule has 0 unspecified atom stereocenters. The summed E-state index contributed by atoms with van der Waals surface area (Å²) < 4.78 is 10.5. The summed E-state index contributed by atoms with van der Waals surface area (Å²) in [6, 6.07) is 7.35. The molecule has 0 bridgehead atoms. The quantitative estimate of drug-likeness (QED) is 0.761. The van der Waals surface area contributed by atoms with E-state index in [2.05, 4.69) is 16.7 Å². The van der Waals surface area contributed by atoms with Crippen molar-refractivity contribution in [1.29, 1.82) is 5.26 Å². The molecule has 1 amide bonds. The van der Waals surface area contributed by atoms with E-state index in [1.165, 1.54) is 30.4 Å². The number of rotatable bonds is 4. The maximum absolute atomic E-state index is 12.7. The third-order valence-corrected chi connectivity index (χ3v) is 5.80. The number of nitrogens with one attached hydrogen (secondary N) is 2. The van der Waals surface area contributed by atoms with Crippen LogP contribution >= 0.6 is 23.6 Å². The summed E-state index contributed by atoms with van der Waals surface area (Å²) in [5.74, 6) is 0.333. The van der Waals surface area contributed by atoms with E-state index in [4.69, 9.17) is 21.7 Å². The van der Waals surface area contributed by atoms with Crippen molar-refractivity contribution in [3.05, 3.63) is 39.8 Å². The average Bonchev–Trinajstić information content (AvgIpc) is 3.03. The molecule has 1 aliphatic carbocycles. The number of amides is 1. The van der Waals surface area contributed by atoms with Gasteiger partial charge >= 0.3 is 0 Å². The number of carbonyl (C=O) groups excluding carboxylic acids is 1. The summed E-state index contributed by atoms with van der Waals surface area (Å²) in [5, 5.41) is 16.0. The maximum atomic E-state index is 12.7. The van der Waals surface area contributed by atoms with Gasteiger partial charge < -0.3 is 14.8 Å². The molecular weight excluding hydrogens is 382 g/mol. The van der Waals surface area contributed by atoms with Crippen molar-refractivity contribution < 1.29 is 14.3 Å². The Morgan fingerprint density at radius 3 is 2.52 bits per heavy atom. The van der Waals surface area contributed by atoms with Crippen molar-refractivity contribution >= 4 is 39.6 Å². The molecule has 1 aromatic carbocycles. The standard InChI is InChI=1S/C19H19N3O3S2/c1-24-13-7-5-8-14(25-2)16(13)17(23)21-19(26)22-18-12(10-20)11-6-3-4-9-15(11)27-18/h5,7-8H,3-4,6,9H2,1-2H3,(H2,21,22,23,26). The summed E-state index contributed by atoms with van der Waals surface area (Å²) in [5.41, 5.74) is 2.00. The van der Waals surface area contributed by atoms with Crippen molar-refractivity contribution in [3.8, 4) is 17.6 Å². The summed E-state index contributed by atoms with van der Waals surface area (Å²) in [4.78, 5) is 13.9. The van der Waals surface area contributed by atoms with E-state index in [9.17, 15) is 10.1 Å². The highest BCUT2D eigenvalue weighted by Gasteiger charge is 2.23. The van der Waals surface area contributed by atoms with E-state index < -0.39 is 5.91 Å². The van der Waals surface area contributed by atoms with E-state index in [-0.39, 0.29) is 10.7 Å². The lowest BCUT2D eigenvalue weighted by Crippen LogP contribution is -2.34. The zero-order chi connectivity index (χ0) is 19.4. The number of fused-ring (bicyclic) bond motifs is 1. The molecule has 140 valence electrons. The number of ether oxygens (including phenoxy) is 2. The van der Waals surface area contributed by atoms with E-state index in [1.807, 2.05) is 0 Å². The third kappa shape index (κ3) is 3.89. The van der Waals surface area contributed by atoms with E-state index >= 15 is 0 Å². The molecule has 0 radical (unpaired) electrons. The van der Waals surface area contributed by atoms with Gasteiger partial charge in [0.05, 0.1) is 19.8 Å². The average molecular weight is 402 g/mol. The van der Waals surface area contributed by atoms with Crippen LogP contribution < -0.4 is 20.1 Å². The van der Waals surface area contributed by atoms with E-state index in [1.54, 1.807) is 18.2 Å². The molecule has 0 saturated carbocycles. The Kier molecular flexibility index (Phi) is 5.94. The zero-order valence-electron chi connectivity index (χ0n) is 15.0. The lowest BCUT2D eigenvalue weighted by atomic mass is 9.96. The number of methoxy groups -OCH3 is 2. The Morgan fingerprint density at radius 1 is 1.22 bits per heavy atom. The van der Waals surface area contributed by atoms with Crippen LogP contribution in [0.4, 0.5) is 5.00 Å². The van der Waals surface area contributed by atoms with Gasteiger partial charge in [-0.2, -0.15) is 5.26 Å². The molecule has 0 aliphatic heterocycles. The Morgan fingerprint density at radius 2 is 1.89 bits per heavy atom. The minimum absolute atomic E-state index is 0.128. The number of thiophene rings is 1. The van der Waals surface area contributed by atoms with Crippen LogP contribution in [0.25, 0.3) is 0 Å². The van der Waals surface area contributed by atoms with Gasteiger partial charge in [-0.1, -0.05) is 6.07 Å². The summed E-state index contributed by atoms with van der Waals surface area (Å²) >= 11 is 6.82. The molecule has 8 heteroatoms. The molecule has 0 atom stereocenters. The van der Waals surface area contributed by atoms with Crippen LogP contribution in [-0.4, -0.2) is 25.2 Å². The van der Waals surface area contributed by atoms with Crippen molar-refractivity contribution in [2.45, 2.75) is 25.7 Å². The molecule has 0 spiro atoms. The molecule has 1 aromatic heterocycles. The molecular formula is C19H19N3O3S2. The van der Waals surface area contributed by atoms with Crippen LogP contribution in [-0.2, 0) is 12.8 Å². The van der Waals surface area contributed by atoms with Crippen molar-refractivity contribution in [2.75, 3.05) is 19.5 Å². The fourth-order valence-electron chi connectivity index (χ4n) is 3.15. The second kappa shape index (κ2) is 8.37. The second-order valence-corrected chi connectivity index (χ2v) is 7.49. The van der Waals surface area contributed by atoms with Gasteiger partial charge in [0.15, 0.2) is 5.11 Å². The molecule has 1 heterocycles. The van der Waals surface area contributed by atoms with Crippen LogP contribution in [0.2, 0.25) is 0 Å². The first-order chi connectivity index (χ1) is 13.1. The number of nitriles is 1. The van der Waals surface area contributed by atoms with Gasteiger partial charge in [0.2, 0.25) is 0 Å². The van der Waals surface area contributed by atoms with Crippen LogP contribution in [0.15, 0.2) is 18.2 Å². The van der Waals surface area contributed by atoms with Crippen LogP contribution in [0.5, 0.6) is 11.5 Å². The molecule has 2 N–H and O–H groups in total. The van der Waals surface area contributed by atoms with Gasteiger partial charge in [-0.25, -0.2) is 0 Å². The fraction of sp³-hybridized carbons (Fsp3) is 0.316. The predicted molar refractivity (Wildman–Crippen MR) is 109 cm³/mol. The number of carbonyl (C=O) groups is 1. The first-order valence-electron chi connectivity index (χ1n) is 8.47. The Labute approximate surface area is 167 Å². The van der Waals surface area contributed by atoms with Crippen molar-refractivity contribution in [3.63, 3.8) is 0 Å². The fourth-order valence-corrected chi connectivity index (χ4v) is 4.65. The van der Waals surface area contributed by atoms with E-state index in [0.29, 0.717) is 22.1 Å². The molecule has 0 fully saturated rings. The second-order valence-electron chi connectivity index (χ2n) is 5.97. The molecule has 6 nitrogen and oxygen atoms in total. The number of nitrogens with zero attached hydrogens (tertiary/aromatic N) is 1. The van der Waals surface area contributed by atoms with Gasteiger partial charge in [-0.3, -0.25) is 10.1 Å². The predicted octanol–water partition coefficient (Wildman–Crippen LogP) is 3.64. The molecule has 0 saturated heterocycles. The smallest absolute Gasteiger partial charge is 0.264 e. The monoisotopic (exact) mass is 401 g/mol. The van der Waals surface area contributed by atoms with Gasteiger partial charge in [0.1, 0.15) is 28.1 Å². The number of aryl methyl sites for hydroxylation is 1. The first-order valence-corrected chi connectivity index (χ1v) is 9.69. The SMILES string of the molecule is COc1cccc(OC)c1C(=O)NC(=S)Nc1sc2c(c1C#N)CCCC2. The lowest BCUT2D eigenvalue weighted by molar-refractivity contribution is 0.0971. The molecule has 1 aliphatic rings. The minimum atomic E-state index is -0.443. The lowest BCUT2D eigenvalue weighted by Gasteiger charge is -2.14. The summed E-state index contributed by atoms with van der Waals surface area (Å²) in [7, 11) is 2.97. The Balaban J connectivity index is 1.79. The van der Waals surface area contributed by atoms with Crippen molar-refractivity contribution in [2.24, 2.45) is 0 Å². The van der Waals surface area contributed by atoms with Gasteiger partial charge in [0, 0.05) is 4.88 Å². The number of benzene rings is 1. The number of hydrogen-bond acceptors (Lipinski definition) is 6. The number of thiocarbonyl (C=S) groups is 1. The molecule has 2 aromatic rings. The minimum Gasteiger partial charge on any atom is -0.496 e. The van der Waals surface area contributed by atoms with Crippen LogP contribution in [0, 0.1) is 11.3 Å². The molecule has 27 heavy (non-hydrogen) atoms. The largest absolute Gasteiger partial charge is 0.496 e.